The molecule has 0 saturated heterocycles. The van der Waals surface area contributed by atoms with Gasteiger partial charge in [0.25, 0.3) is 11.3 Å². The van der Waals surface area contributed by atoms with Crippen LogP contribution < -0.4 is 4.41 Å². The Kier molecular flexibility index (Phi) is 3.41. The summed E-state index contributed by atoms with van der Waals surface area (Å²) in [6.45, 7) is 0. The molecule has 0 spiro atoms. The van der Waals surface area contributed by atoms with Gasteiger partial charge in [0.2, 0.25) is 0 Å². The molecule has 0 bridgehead atoms. The number of hydrazine groups is 1. The van der Waals surface area contributed by atoms with E-state index in [1.807, 2.05) is 18.2 Å². The maximum atomic E-state index is 10.9. The molecule has 1 atom stereocenters. The van der Waals surface area contributed by atoms with Crippen molar-refractivity contribution < 1.29 is 8.76 Å². The summed E-state index contributed by atoms with van der Waals surface area (Å²) in [4.78, 5) is 0. The van der Waals surface area contributed by atoms with Crippen LogP contribution in [0, 0.1) is 0 Å². The second kappa shape index (κ2) is 4.36. The number of hydrogen-bond acceptors (Lipinski definition) is 2. The van der Waals surface area contributed by atoms with Gasteiger partial charge in [0.05, 0.1) is 5.69 Å². The van der Waals surface area contributed by atoms with Crippen molar-refractivity contribution in [1.82, 2.24) is 5.01 Å². The molecule has 1 aromatic carbocycles. The number of rotatable bonds is 3. The SMILES string of the molecule is CN(C)N(c1ccccc1)S(=O)O. The van der Waals surface area contributed by atoms with E-state index in [1.165, 1.54) is 4.41 Å². The Morgan fingerprint density at radius 1 is 1.23 bits per heavy atom. The van der Waals surface area contributed by atoms with Crippen molar-refractivity contribution in [2.24, 2.45) is 0 Å². The Bertz CT molecular complexity index is 289. The van der Waals surface area contributed by atoms with Gasteiger partial charge >= 0.3 is 0 Å². The lowest BCUT2D eigenvalue weighted by Gasteiger charge is -2.25. The van der Waals surface area contributed by atoms with Crippen LogP contribution in [0.1, 0.15) is 0 Å². The van der Waals surface area contributed by atoms with Gasteiger partial charge < -0.3 is 0 Å². The van der Waals surface area contributed by atoms with Crippen LogP contribution in [0.4, 0.5) is 5.69 Å². The molecule has 0 fully saturated rings. The highest BCUT2D eigenvalue weighted by Crippen LogP contribution is 2.14. The topological polar surface area (TPSA) is 43.8 Å². The number of para-hydroxylation sites is 1. The average molecular weight is 200 g/mol. The molecule has 0 aliphatic carbocycles. The molecule has 1 N–H and O–H groups in total. The summed E-state index contributed by atoms with van der Waals surface area (Å²) in [5.41, 5.74) is 0.688. The van der Waals surface area contributed by atoms with Crippen molar-refractivity contribution >= 4 is 17.0 Å². The molecule has 4 nitrogen and oxygen atoms in total. The van der Waals surface area contributed by atoms with E-state index >= 15 is 0 Å². The summed E-state index contributed by atoms with van der Waals surface area (Å²) in [6, 6.07) is 9.04. The molecular weight excluding hydrogens is 188 g/mol. The van der Waals surface area contributed by atoms with Crippen LogP contribution in [0.5, 0.6) is 0 Å². The van der Waals surface area contributed by atoms with Crippen molar-refractivity contribution in [3.8, 4) is 0 Å². The van der Waals surface area contributed by atoms with E-state index in [9.17, 15) is 4.21 Å². The Morgan fingerprint density at radius 3 is 2.15 bits per heavy atom. The van der Waals surface area contributed by atoms with Crippen LogP contribution >= 0.6 is 0 Å². The molecule has 1 aromatic rings. The first-order valence-electron chi connectivity index (χ1n) is 3.76. The Balaban J connectivity index is 2.96. The first-order valence-corrected chi connectivity index (χ1v) is 4.82. The molecule has 5 heteroatoms. The Morgan fingerprint density at radius 2 is 1.77 bits per heavy atom. The largest absolute Gasteiger partial charge is 0.288 e. The van der Waals surface area contributed by atoms with E-state index < -0.39 is 11.3 Å². The highest BCUT2D eigenvalue weighted by Gasteiger charge is 2.13. The number of hydrogen-bond donors (Lipinski definition) is 1. The smallest absolute Gasteiger partial charge is 0.277 e. The zero-order valence-corrected chi connectivity index (χ0v) is 8.36. The average Bonchev–Trinajstić information content (AvgIpc) is 2.04. The van der Waals surface area contributed by atoms with E-state index in [0.717, 1.165) is 0 Å². The fourth-order valence-corrected chi connectivity index (χ4v) is 1.60. The molecule has 1 unspecified atom stereocenters. The summed E-state index contributed by atoms with van der Waals surface area (Å²) in [6.07, 6.45) is 0. The third kappa shape index (κ3) is 2.51. The van der Waals surface area contributed by atoms with Crippen LogP contribution in [0.2, 0.25) is 0 Å². The highest BCUT2D eigenvalue weighted by molar-refractivity contribution is 7.80. The zero-order valence-electron chi connectivity index (χ0n) is 7.54. The summed E-state index contributed by atoms with van der Waals surface area (Å²) < 4.78 is 21.2. The van der Waals surface area contributed by atoms with Gasteiger partial charge in [-0.1, -0.05) is 18.2 Å². The molecular formula is C8H12N2O2S. The number of anilines is 1. The second-order valence-corrected chi connectivity index (χ2v) is 3.49. The summed E-state index contributed by atoms with van der Waals surface area (Å²) >= 11 is -2.03. The molecule has 1 rings (SSSR count). The Hall–Kier alpha value is -0.910. The van der Waals surface area contributed by atoms with Gasteiger partial charge in [0.15, 0.2) is 0 Å². The van der Waals surface area contributed by atoms with Crippen LogP contribution in [0.25, 0.3) is 0 Å². The summed E-state index contributed by atoms with van der Waals surface area (Å²) in [5.74, 6) is 0. The molecule has 0 aromatic heterocycles. The van der Waals surface area contributed by atoms with Gasteiger partial charge in [0, 0.05) is 14.1 Å². The normalized spacial score (nSPS) is 12.9. The van der Waals surface area contributed by atoms with Crippen LogP contribution in [-0.2, 0) is 11.3 Å². The molecule has 72 valence electrons. The summed E-state index contributed by atoms with van der Waals surface area (Å²) in [7, 11) is 3.42. The fraction of sp³-hybridized carbons (Fsp3) is 0.250. The zero-order chi connectivity index (χ0) is 9.84. The maximum Gasteiger partial charge on any atom is 0.277 e. The molecule has 0 heterocycles. The van der Waals surface area contributed by atoms with Crippen LogP contribution in [0.3, 0.4) is 0 Å². The van der Waals surface area contributed by atoms with Crippen LogP contribution in [0.15, 0.2) is 30.3 Å². The maximum absolute atomic E-state index is 10.9. The monoisotopic (exact) mass is 200 g/mol. The lowest BCUT2D eigenvalue weighted by molar-refractivity contribution is 0.417. The van der Waals surface area contributed by atoms with Crippen molar-refractivity contribution in [3.63, 3.8) is 0 Å². The first kappa shape index (κ1) is 10.2. The van der Waals surface area contributed by atoms with Gasteiger partial charge in [-0.2, -0.15) is 4.41 Å². The van der Waals surface area contributed by atoms with Crippen LogP contribution in [-0.4, -0.2) is 27.9 Å². The van der Waals surface area contributed by atoms with E-state index in [2.05, 4.69) is 0 Å². The van der Waals surface area contributed by atoms with Gasteiger partial charge in [-0.25, -0.2) is 9.22 Å². The fourth-order valence-electron chi connectivity index (χ4n) is 1.02. The van der Waals surface area contributed by atoms with Gasteiger partial charge in [-0.05, 0) is 12.1 Å². The van der Waals surface area contributed by atoms with Crippen molar-refractivity contribution in [2.45, 2.75) is 0 Å². The predicted molar refractivity (Wildman–Crippen MR) is 53.4 cm³/mol. The predicted octanol–water partition coefficient (Wildman–Crippen LogP) is 1.11. The minimum absolute atomic E-state index is 0.688. The van der Waals surface area contributed by atoms with E-state index in [-0.39, 0.29) is 0 Å². The third-order valence-corrected chi connectivity index (χ3v) is 2.32. The lowest BCUT2D eigenvalue weighted by Crippen LogP contribution is -2.38. The van der Waals surface area contributed by atoms with Crippen molar-refractivity contribution in [2.75, 3.05) is 18.5 Å². The van der Waals surface area contributed by atoms with E-state index in [4.69, 9.17) is 4.55 Å². The minimum atomic E-state index is -2.03. The standard InChI is InChI=1S/C8H12N2O2S/c1-9(2)10(13(11)12)8-6-4-3-5-7-8/h3-7H,1-2H3,(H,11,12). The lowest BCUT2D eigenvalue weighted by atomic mass is 10.3. The quantitative estimate of drug-likeness (QED) is 0.587. The second-order valence-electron chi connectivity index (χ2n) is 2.69. The molecule has 0 radical (unpaired) electrons. The Labute approximate surface area is 80.2 Å². The molecule has 0 aliphatic heterocycles. The number of benzene rings is 1. The van der Waals surface area contributed by atoms with Crippen molar-refractivity contribution in [1.29, 1.82) is 0 Å². The van der Waals surface area contributed by atoms with Gasteiger partial charge in [-0.3, -0.25) is 4.55 Å². The van der Waals surface area contributed by atoms with Gasteiger partial charge in [-0.15, -0.1) is 0 Å². The molecule has 0 aliphatic rings. The first-order chi connectivity index (χ1) is 6.13. The molecule has 0 amide bonds. The van der Waals surface area contributed by atoms with Crippen molar-refractivity contribution in [3.05, 3.63) is 30.3 Å². The summed E-state index contributed by atoms with van der Waals surface area (Å²) in [5, 5.41) is 1.56. The third-order valence-electron chi connectivity index (χ3n) is 1.49. The number of nitrogens with zero attached hydrogens (tertiary/aromatic N) is 2. The van der Waals surface area contributed by atoms with E-state index in [1.54, 1.807) is 31.2 Å². The molecule has 13 heavy (non-hydrogen) atoms. The minimum Gasteiger partial charge on any atom is -0.288 e. The van der Waals surface area contributed by atoms with Gasteiger partial charge in [0.1, 0.15) is 0 Å². The highest BCUT2D eigenvalue weighted by atomic mass is 32.2. The molecule has 0 saturated carbocycles. The van der Waals surface area contributed by atoms with E-state index in [0.29, 0.717) is 5.69 Å².